The third-order valence-corrected chi connectivity index (χ3v) is 11.6. The number of methoxy groups -OCH3 is 1. The van der Waals surface area contributed by atoms with Crippen molar-refractivity contribution in [3.05, 3.63) is 156 Å². The standard InChI is InChI=1S/C52H66O11/c1-3-30-56-48-46(58-34-40-24-14-9-15-25-40)43-37-54-31-20-6-4-5-7-21-32-55-38-44-45(57-33-39-22-12-8-13-23-39)47(59-35-41-26-16-10-17-27-41)49(60-36-42-28-18-11-19-29-42)52(62-44)63-50(48)51(53-2)61-43/h3,8-19,22-29,43-52H,1,4-7,20-21,30-38H2,2H3/t43-,44-,45+,46-,47+,48+,49-,50+,51+,52-/m1/s1. The van der Waals surface area contributed by atoms with Gasteiger partial charge in [-0.05, 0) is 35.1 Å². The Morgan fingerprint density at radius 2 is 0.889 bits per heavy atom. The van der Waals surface area contributed by atoms with E-state index < -0.39 is 61.4 Å². The first-order chi connectivity index (χ1) is 31.2. The largest absolute Gasteiger partial charge is 0.379 e. The lowest BCUT2D eigenvalue weighted by Gasteiger charge is -2.50. The summed E-state index contributed by atoms with van der Waals surface area (Å²) < 4.78 is 74.2. The van der Waals surface area contributed by atoms with Crippen molar-refractivity contribution in [2.45, 2.75) is 126 Å². The second-order valence-corrected chi connectivity index (χ2v) is 16.3. The maximum absolute atomic E-state index is 7.21. The Labute approximate surface area is 373 Å². The van der Waals surface area contributed by atoms with Crippen LogP contribution < -0.4 is 0 Å². The SMILES string of the molecule is C=CCO[C@@H]1[C@@H]2O[C@H]3O[C@H](COCCCCCCCCOC[C@@H](O[C@@H]2OC)[C@H]1OCc1ccccc1)[C@H](OCc1ccccc1)[C@H](OCc1ccccc1)[C@H]3OCc1ccccc1. The molecule has 0 spiro atoms. The minimum absolute atomic E-state index is 0.230. The maximum Gasteiger partial charge on any atom is 0.187 e. The van der Waals surface area contributed by atoms with E-state index in [0.717, 1.165) is 60.8 Å². The molecule has 8 rings (SSSR count). The van der Waals surface area contributed by atoms with E-state index in [1.807, 2.05) is 109 Å². The molecule has 4 heterocycles. The lowest BCUT2D eigenvalue weighted by Crippen LogP contribution is -2.66. The quantitative estimate of drug-likeness (QED) is 0.101. The number of ether oxygens (including phenoxy) is 11. The van der Waals surface area contributed by atoms with Gasteiger partial charge in [-0.25, -0.2) is 0 Å². The van der Waals surface area contributed by atoms with Crippen molar-refractivity contribution in [3.8, 4) is 0 Å². The van der Waals surface area contributed by atoms with Crippen molar-refractivity contribution in [1.82, 2.24) is 0 Å². The van der Waals surface area contributed by atoms with Crippen LogP contribution in [0.1, 0.15) is 60.8 Å². The molecule has 0 radical (unpaired) electrons. The fourth-order valence-electron chi connectivity index (χ4n) is 8.34. The summed E-state index contributed by atoms with van der Waals surface area (Å²) >= 11 is 0. The fraction of sp³-hybridized carbons (Fsp3) is 0.500. The van der Waals surface area contributed by atoms with Crippen molar-refractivity contribution in [2.75, 3.05) is 40.1 Å². The van der Waals surface area contributed by atoms with E-state index in [1.165, 1.54) is 0 Å². The summed E-state index contributed by atoms with van der Waals surface area (Å²) in [5.74, 6) is 0. The van der Waals surface area contributed by atoms with E-state index in [9.17, 15) is 0 Å². The van der Waals surface area contributed by atoms with E-state index in [4.69, 9.17) is 52.1 Å². The number of fused-ring (bicyclic) bond motifs is 13. The highest BCUT2D eigenvalue weighted by Gasteiger charge is 2.54. The van der Waals surface area contributed by atoms with Gasteiger partial charge in [-0.3, -0.25) is 0 Å². The van der Waals surface area contributed by atoms with Gasteiger partial charge in [-0.15, -0.1) is 6.58 Å². The average molecular weight is 867 g/mol. The molecule has 10 atom stereocenters. The Morgan fingerprint density at radius 3 is 1.35 bits per heavy atom. The van der Waals surface area contributed by atoms with E-state index in [1.54, 1.807) is 13.2 Å². The Kier molecular flexibility index (Phi) is 19.6. The molecule has 63 heavy (non-hydrogen) atoms. The summed E-state index contributed by atoms with van der Waals surface area (Å²) in [4.78, 5) is 0. The molecule has 0 amide bonds. The van der Waals surface area contributed by atoms with E-state index >= 15 is 0 Å². The molecule has 11 heteroatoms. The Hall–Kier alpha value is -3.82. The molecule has 0 saturated carbocycles. The lowest BCUT2D eigenvalue weighted by atomic mass is 9.96. The van der Waals surface area contributed by atoms with Gasteiger partial charge in [0.15, 0.2) is 12.6 Å². The smallest absolute Gasteiger partial charge is 0.187 e. The summed E-state index contributed by atoms with van der Waals surface area (Å²) in [7, 11) is 1.61. The fourth-order valence-corrected chi connectivity index (χ4v) is 8.34. The van der Waals surface area contributed by atoms with Gasteiger partial charge in [-0.1, -0.05) is 153 Å². The lowest BCUT2D eigenvalue weighted by molar-refractivity contribution is -0.380. The van der Waals surface area contributed by atoms with E-state index in [0.29, 0.717) is 33.0 Å². The third-order valence-electron chi connectivity index (χ3n) is 11.6. The molecule has 4 saturated heterocycles. The van der Waals surface area contributed by atoms with Crippen LogP contribution in [0.15, 0.2) is 134 Å². The maximum atomic E-state index is 7.21. The molecule has 0 aliphatic carbocycles. The van der Waals surface area contributed by atoms with Gasteiger partial charge in [0, 0.05) is 20.3 Å². The van der Waals surface area contributed by atoms with Crippen LogP contribution in [0, 0.1) is 0 Å². The van der Waals surface area contributed by atoms with Gasteiger partial charge >= 0.3 is 0 Å². The molecule has 4 fully saturated rings. The normalized spacial score (nSPS) is 28.8. The van der Waals surface area contributed by atoms with Crippen LogP contribution in [-0.2, 0) is 78.5 Å². The summed E-state index contributed by atoms with van der Waals surface area (Å²) in [6.07, 6.45) is 0.719. The van der Waals surface area contributed by atoms with Gasteiger partial charge in [0.25, 0.3) is 0 Å². The average Bonchev–Trinajstić information content (AvgIpc) is 3.33. The number of hydrogen-bond donors (Lipinski definition) is 0. The predicted molar refractivity (Wildman–Crippen MR) is 239 cm³/mol. The minimum atomic E-state index is -1.02. The highest BCUT2D eigenvalue weighted by atomic mass is 16.8. The van der Waals surface area contributed by atoms with Crippen molar-refractivity contribution >= 4 is 0 Å². The van der Waals surface area contributed by atoms with E-state index in [-0.39, 0.29) is 26.4 Å². The molecule has 0 unspecified atom stereocenters. The Bertz CT molecular complexity index is 1820. The first kappa shape index (κ1) is 47.2. The molecule has 4 aromatic carbocycles. The topological polar surface area (TPSA) is 102 Å². The number of rotatable bonds is 16. The highest BCUT2D eigenvalue weighted by Crippen LogP contribution is 2.36. The van der Waals surface area contributed by atoms with Crippen LogP contribution in [0.4, 0.5) is 0 Å². The van der Waals surface area contributed by atoms with Crippen molar-refractivity contribution < 1.29 is 52.1 Å². The summed E-state index contributed by atoms with van der Waals surface area (Å²) in [5.41, 5.74) is 4.03. The van der Waals surface area contributed by atoms with Crippen LogP contribution in [0.5, 0.6) is 0 Å². The predicted octanol–water partition coefficient (Wildman–Crippen LogP) is 8.77. The summed E-state index contributed by atoms with van der Waals surface area (Å²) in [5, 5.41) is 0. The third kappa shape index (κ3) is 14.3. The van der Waals surface area contributed by atoms with Crippen LogP contribution in [0.25, 0.3) is 0 Å². The Morgan fingerprint density at radius 1 is 0.476 bits per heavy atom. The molecular formula is C52H66O11. The molecule has 340 valence electrons. The van der Waals surface area contributed by atoms with Crippen LogP contribution in [0.3, 0.4) is 0 Å². The first-order valence-corrected chi connectivity index (χ1v) is 22.7. The molecule has 0 aromatic heterocycles. The zero-order valence-electron chi connectivity index (χ0n) is 36.7. The van der Waals surface area contributed by atoms with Gasteiger partial charge in [0.05, 0.1) is 46.2 Å². The van der Waals surface area contributed by atoms with Gasteiger partial charge < -0.3 is 52.1 Å². The Balaban J connectivity index is 1.27. The molecule has 4 aromatic rings. The zero-order chi connectivity index (χ0) is 43.3. The van der Waals surface area contributed by atoms with Gasteiger partial charge in [-0.2, -0.15) is 0 Å². The first-order valence-electron chi connectivity index (χ1n) is 22.7. The van der Waals surface area contributed by atoms with Crippen molar-refractivity contribution in [3.63, 3.8) is 0 Å². The van der Waals surface area contributed by atoms with Crippen LogP contribution in [0.2, 0.25) is 0 Å². The summed E-state index contributed by atoms with van der Waals surface area (Å²) in [6.45, 7) is 7.17. The zero-order valence-corrected chi connectivity index (χ0v) is 36.7. The molecule has 4 aliphatic heterocycles. The molecule has 11 nitrogen and oxygen atoms in total. The van der Waals surface area contributed by atoms with Crippen LogP contribution in [-0.4, -0.2) is 102 Å². The van der Waals surface area contributed by atoms with Crippen molar-refractivity contribution in [1.29, 1.82) is 0 Å². The van der Waals surface area contributed by atoms with Gasteiger partial charge in [0.2, 0.25) is 0 Å². The molecule has 4 bridgehead atoms. The highest BCUT2D eigenvalue weighted by molar-refractivity contribution is 5.16. The second kappa shape index (κ2) is 26.2. The minimum Gasteiger partial charge on any atom is -0.379 e. The number of hydrogen-bond acceptors (Lipinski definition) is 11. The molecule has 0 N–H and O–H groups in total. The number of benzene rings is 4. The van der Waals surface area contributed by atoms with E-state index in [2.05, 4.69) is 18.7 Å². The van der Waals surface area contributed by atoms with Crippen LogP contribution >= 0.6 is 0 Å². The monoisotopic (exact) mass is 866 g/mol. The molecule has 4 aliphatic rings. The molecular weight excluding hydrogens is 801 g/mol. The van der Waals surface area contributed by atoms with Gasteiger partial charge in [0.1, 0.15) is 48.8 Å². The second-order valence-electron chi connectivity index (χ2n) is 16.3. The van der Waals surface area contributed by atoms with Crippen molar-refractivity contribution in [2.24, 2.45) is 0 Å². The summed E-state index contributed by atoms with van der Waals surface area (Å²) in [6, 6.07) is 40.3.